The average molecular weight is 224 g/mol. The molecule has 3 nitrogen and oxygen atoms in total. The Bertz CT molecular complexity index is 379. The van der Waals surface area contributed by atoms with E-state index in [9.17, 15) is 9.18 Å². The molecule has 88 valence electrons. The van der Waals surface area contributed by atoms with Gasteiger partial charge < -0.3 is 10.6 Å². The molecule has 0 heterocycles. The van der Waals surface area contributed by atoms with E-state index in [2.05, 4.69) is 0 Å². The standard InChI is InChI=1S/C12H17FN2O/c1-3-15(7-6-14)12(16)11-5-4-10(13)8-9(11)2/h4-5,8H,3,6-7,14H2,1-2H3. The van der Waals surface area contributed by atoms with Crippen molar-refractivity contribution in [3.8, 4) is 0 Å². The molecule has 4 heteroatoms. The Kier molecular flexibility index (Phi) is 4.43. The van der Waals surface area contributed by atoms with Gasteiger partial charge in [-0.1, -0.05) is 0 Å². The number of halogens is 1. The van der Waals surface area contributed by atoms with Gasteiger partial charge in [-0.25, -0.2) is 4.39 Å². The Hall–Kier alpha value is -1.42. The van der Waals surface area contributed by atoms with Crippen LogP contribution in [0.3, 0.4) is 0 Å². The van der Waals surface area contributed by atoms with Gasteiger partial charge in [0.1, 0.15) is 5.82 Å². The fourth-order valence-electron chi connectivity index (χ4n) is 1.60. The lowest BCUT2D eigenvalue weighted by molar-refractivity contribution is 0.0768. The minimum Gasteiger partial charge on any atom is -0.338 e. The predicted octanol–water partition coefficient (Wildman–Crippen LogP) is 1.55. The van der Waals surface area contributed by atoms with Gasteiger partial charge in [0.2, 0.25) is 0 Å². The van der Waals surface area contributed by atoms with Crippen molar-refractivity contribution in [1.29, 1.82) is 0 Å². The highest BCUT2D eigenvalue weighted by molar-refractivity contribution is 5.95. The van der Waals surface area contributed by atoms with Crippen molar-refractivity contribution in [2.24, 2.45) is 5.73 Å². The first-order chi connectivity index (χ1) is 7.60. The summed E-state index contributed by atoms with van der Waals surface area (Å²) in [6, 6.07) is 4.19. The van der Waals surface area contributed by atoms with E-state index >= 15 is 0 Å². The van der Waals surface area contributed by atoms with Crippen LogP contribution < -0.4 is 5.73 Å². The van der Waals surface area contributed by atoms with E-state index in [1.165, 1.54) is 18.2 Å². The van der Waals surface area contributed by atoms with Crippen LogP contribution in [0.25, 0.3) is 0 Å². The summed E-state index contributed by atoms with van der Waals surface area (Å²) in [5.41, 5.74) is 6.62. The summed E-state index contributed by atoms with van der Waals surface area (Å²) in [7, 11) is 0. The first-order valence-corrected chi connectivity index (χ1v) is 5.35. The lowest BCUT2D eigenvalue weighted by atomic mass is 10.1. The molecule has 0 aliphatic rings. The molecule has 0 aromatic heterocycles. The summed E-state index contributed by atoms with van der Waals surface area (Å²) in [4.78, 5) is 13.7. The summed E-state index contributed by atoms with van der Waals surface area (Å²) < 4.78 is 12.9. The van der Waals surface area contributed by atoms with Gasteiger partial charge in [0.25, 0.3) is 5.91 Å². The third-order valence-corrected chi connectivity index (χ3v) is 2.49. The van der Waals surface area contributed by atoms with Crippen molar-refractivity contribution in [3.63, 3.8) is 0 Å². The molecule has 2 N–H and O–H groups in total. The lowest BCUT2D eigenvalue weighted by Gasteiger charge is -2.20. The Morgan fingerprint density at radius 2 is 2.19 bits per heavy atom. The quantitative estimate of drug-likeness (QED) is 0.843. The number of carbonyl (C=O) groups excluding carboxylic acids is 1. The van der Waals surface area contributed by atoms with E-state index in [0.29, 0.717) is 30.8 Å². The number of nitrogens with zero attached hydrogens (tertiary/aromatic N) is 1. The molecule has 0 spiro atoms. The first kappa shape index (κ1) is 12.6. The molecular weight excluding hydrogens is 207 g/mol. The molecule has 1 rings (SSSR count). The van der Waals surface area contributed by atoms with Crippen LogP contribution in [0.15, 0.2) is 18.2 Å². The summed E-state index contributed by atoms with van der Waals surface area (Å²) in [5, 5.41) is 0. The first-order valence-electron chi connectivity index (χ1n) is 5.35. The van der Waals surface area contributed by atoms with Crippen LogP contribution in [0.5, 0.6) is 0 Å². The van der Waals surface area contributed by atoms with Crippen LogP contribution >= 0.6 is 0 Å². The monoisotopic (exact) mass is 224 g/mol. The van der Waals surface area contributed by atoms with Gasteiger partial charge >= 0.3 is 0 Å². The molecule has 0 aliphatic carbocycles. The number of likely N-dealkylation sites (N-methyl/N-ethyl adjacent to an activating group) is 1. The van der Waals surface area contributed by atoms with Crippen LogP contribution in [-0.4, -0.2) is 30.4 Å². The van der Waals surface area contributed by atoms with Crippen molar-refractivity contribution in [2.45, 2.75) is 13.8 Å². The maximum absolute atomic E-state index is 12.9. The zero-order valence-corrected chi connectivity index (χ0v) is 9.66. The second-order valence-electron chi connectivity index (χ2n) is 3.63. The van der Waals surface area contributed by atoms with E-state index in [-0.39, 0.29) is 11.7 Å². The number of rotatable bonds is 4. The van der Waals surface area contributed by atoms with Gasteiger partial charge in [-0.15, -0.1) is 0 Å². The Labute approximate surface area is 95.0 Å². The van der Waals surface area contributed by atoms with Crippen molar-refractivity contribution in [2.75, 3.05) is 19.6 Å². The second-order valence-corrected chi connectivity index (χ2v) is 3.63. The van der Waals surface area contributed by atoms with Gasteiger partial charge in [-0.3, -0.25) is 4.79 Å². The summed E-state index contributed by atoms with van der Waals surface area (Å²) in [6.07, 6.45) is 0. The molecule has 1 aromatic rings. The van der Waals surface area contributed by atoms with Crippen molar-refractivity contribution in [3.05, 3.63) is 35.1 Å². The summed E-state index contributed by atoms with van der Waals surface area (Å²) in [5.74, 6) is -0.415. The molecule has 0 bridgehead atoms. The second kappa shape index (κ2) is 5.61. The SMILES string of the molecule is CCN(CCN)C(=O)c1ccc(F)cc1C. The molecule has 0 unspecified atom stereocenters. The third-order valence-electron chi connectivity index (χ3n) is 2.49. The Morgan fingerprint density at radius 1 is 1.50 bits per heavy atom. The van der Waals surface area contributed by atoms with Crippen LogP contribution in [0.4, 0.5) is 4.39 Å². The number of benzene rings is 1. The summed E-state index contributed by atoms with van der Waals surface area (Å²) in [6.45, 7) is 5.18. The zero-order chi connectivity index (χ0) is 12.1. The van der Waals surface area contributed by atoms with E-state index in [0.717, 1.165) is 0 Å². The molecule has 0 saturated carbocycles. The number of carbonyl (C=O) groups is 1. The highest BCUT2D eigenvalue weighted by Crippen LogP contribution is 2.12. The lowest BCUT2D eigenvalue weighted by Crippen LogP contribution is -2.35. The normalized spacial score (nSPS) is 10.2. The number of amides is 1. The molecule has 0 atom stereocenters. The van der Waals surface area contributed by atoms with E-state index < -0.39 is 0 Å². The Balaban J connectivity index is 2.94. The maximum atomic E-state index is 12.9. The number of nitrogens with two attached hydrogens (primary N) is 1. The number of hydrogen-bond donors (Lipinski definition) is 1. The van der Waals surface area contributed by atoms with Crippen LogP contribution in [0, 0.1) is 12.7 Å². The average Bonchev–Trinajstić information content (AvgIpc) is 2.25. The highest BCUT2D eigenvalue weighted by atomic mass is 19.1. The van der Waals surface area contributed by atoms with Gasteiger partial charge in [-0.2, -0.15) is 0 Å². The van der Waals surface area contributed by atoms with E-state index in [1.807, 2.05) is 6.92 Å². The summed E-state index contributed by atoms with van der Waals surface area (Å²) >= 11 is 0. The molecule has 1 aromatic carbocycles. The van der Waals surface area contributed by atoms with Gasteiger partial charge in [0.15, 0.2) is 0 Å². The Morgan fingerprint density at radius 3 is 2.69 bits per heavy atom. The van der Waals surface area contributed by atoms with Gasteiger partial charge in [0.05, 0.1) is 0 Å². The number of hydrogen-bond acceptors (Lipinski definition) is 2. The molecule has 0 aliphatic heterocycles. The smallest absolute Gasteiger partial charge is 0.254 e. The third kappa shape index (κ3) is 2.79. The molecule has 0 saturated heterocycles. The van der Waals surface area contributed by atoms with E-state index in [4.69, 9.17) is 5.73 Å². The van der Waals surface area contributed by atoms with Crippen molar-refractivity contribution in [1.82, 2.24) is 4.90 Å². The minimum absolute atomic E-state index is 0.0922. The van der Waals surface area contributed by atoms with E-state index in [1.54, 1.807) is 11.8 Å². The van der Waals surface area contributed by atoms with Gasteiger partial charge in [-0.05, 0) is 37.6 Å². The minimum atomic E-state index is -0.323. The van der Waals surface area contributed by atoms with Crippen LogP contribution in [0.1, 0.15) is 22.8 Å². The fourth-order valence-corrected chi connectivity index (χ4v) is 1.60. The number of aryl methyl sites for hydroxylation is 1. The maximum Gasteiger partial charge on any atom is 0.254 e. The molecule has 16 heavy (non-hydrogen) atoms. The van der Waals surface area contributed by atoms with Gasteiger partial charge in [0, 0.05) is 25.2 Å². The fraction of sp³-hybridized carbons (Fsp3) is 0.417. The molecule has 0 fully saturated rings. The highest BCUT2D eigenvalue weighted by Gasteiger charge is 2.15. The molecule has 1 amide bonds. The topological polar surface area (TPSA) is 46.3 Å². The largest absolute Gasteiger partial charge is 0.338 e. The zero-order valence-electron chi connectivity index (χ0n) is 9.66. The molecular formula is C12H17FN2O. The molecule has 0 radical (unpaired) electrons. The predicted molar refractivity (Wildman–Crippen MR) is 61.8 cm³/mol. The van der Waals surface area contributed by atoms with Crippen LogP contribution in [0.2, 0.25) is 0 Å². The van der Waals surface area contributed by atoms with Crippen LogP contribution in [-0.2, 0) is 0 Å². The van der Waals surface area contributed by atoms with Crippen molar-refractivity contribution < 1.29 is 9.18 Å². The van der Waals surface area contributed by atoms with Crippen molar-refractivity contribution >= 4 is 5.91 Å².